The van der Waals surface area contributed by atoms with Crippen molar-refractivity contribution >= 4 is 10.9 Å². The summed E-state index contributed by atoms with van der Waals surface area (Å²) >= 11 is 0. The number of nitrogens with one attached hydrogen (secondary N) is 2. The molecule has 4 rings (SSSR count). The Labute approximate surface area is 181 Å². The van der Waals surface area contributed by atoms with E-state index in [1.807, 2.05) is 0 Å². The number of aromatic amines is 2. The van der Waals surface area contributed by atoms with E-state index in [1.54, 1.807) is 0 Å². The molecule has 33 heavy (non-hydrogen) atoms. The van der Waals surface area contributed by atoms with Crippen LogP contribution in [0.15, 0.2) is 46.2 Å². The van der Waals surface area contributed by atoms with Crippen molar-refractivity contribution in [2.45, 2.75) is 20.0 Å². The molecule has 3 heterocycles. The number of pyridine rings is 3. The maximum Gasteiger partial charge on any atom is 0.418 e. The first-order valence-electron chi connectivity index (χ1n) is 9.43. The molecule has 0 atom stereocenters. The van der Waals surface area contributed by atoms with E-state index in [2.05, 4.69) is 15.0 Å². The van der Waals surface area contributed by atoms with Crippen LogP contribution in [0.4, 0.5) is 22.0 Å². The van der Waals surface area contributed by atoms with Crippen LogP contribution in [-0.2, 0) is 6.18 Å². The Morgan fingerprint density at radius 2 is 1.76 bits per heavy atom. The number of fused-ring (bicyclic) bond motifs is 1. The molecular weight excluding hydrogens is 449 g/mol. The molecule has 4 aromatic rings. The number of alkyl halides is 3. The lowest BCUT2D eigenvalue weighted by atomic mass is 10.0. The number of benzene rings is 1. The molecule has 11 heteroatoms. The maximum absolute atomic E-state index is 14.0. The van der Waals surface area contributed by atoms with E-state index >= 15 is 0 Å². The van der Waals surface area contributed by atoms with Gasteiger partial charge in [-0.05, 0) is 37.6 Å². The van der Waals surface area contributed by atoms with E-state index in [-0.39, 0.29) is 44.9 Å². The van der Waals surface area contributed by atoms with Gasteiger partial charge in [-0.1, -0.05) is 0 Å². The van der Waals surface area contributed by atoms with Gasteiger partial charge >= 0.3 is 6.18 Å². The highest BCUT2D eigenvalue weighted by molar-refractivity contribution is 5.82. The van der Waals surface area contributed by atoms with Crippen molar-refractivity contribution in [3.05, 3.63) is 85.6 Å². The molecule has 0 bridgehead atoms. The quantitative estimate of drug-likeness (QED) is 0.420. The topological polar surface area (TPSA) is 87.8 Å². The summed E-state index contributed by atoms with van der Waals surface area (Å²) in [5, 5.41) is -0.210. The number of hydrogen-bond donors (Lipinski definition) is 2. The Morgan fingerprint density at radius 1 is 1.03 bits per heavy atom. The highest BCUT2D eigenvalue weighted by atomic mass is 19.4. The monoisotopic (exact) mass is 463 g/mol. The molecule has 0 spiro atoms. The predicted molar refractivity (Wildman–Crippen MR) is 109 cm³/mol. The van der Waals surface area contributed by atoms with Crippen LogP contribution in [0.5, 0.6) is 11.6 Å². The SMILES string of the molecule is Cc1c(Oc2ncc(C(F)(F)F)c(C)c2-c2cc(=O)c3c(=O)[nH]ccc3[nH]2)ccc(F)c1F. The molecule has 3 aromatic heterocycles. The summed E-state index contributed by atoms with van der Waals surface area (Å²) in [7, 11) is 0. The molecule has 0 aliphatic carbocycles. The lowest BCUT2D eigenvalue weighted by molar-refractivity contribution is -0.138. The van der Waals surface area contributed by atoms with Crippen LogP contribution in [0.25, 0.3) is 22.2 Å². The first-order valence-corrected chi connectivity index (χ1v) is 9.43. The number of ether oxygens (including phenoxy) is 1. The summed E-state index contributed by atoms with van der Waals surface area (Å²) in [6.07, 6.45) is -2.95. The summed E-state index contributed by atoms with van der Waals surface area (Å²) in [5.74, 6) is -2.87. The van der Waals surface area contributed by atoms with Gasteiger partial charge in [-0.25, -0.2) is 13.8 Å². The van der Waals surface area contributed by atoms with Gasteiger partial charge in [0.1, 0.15) is 11.1 Å². The smallest absolute Gasteiger partial charge is 0.418 e. The summed E-state index contributed by atoms with van der Waals surface area (Å²) in [6, 6.07) is 4.23. The molecule has 0 radical (unpaired) electrons. The highest BCUT2D eigenvalue weighted by Gasteiger charge is 2.35. The van der Waals surface area contributed by atoms with Crippen LogP contribution in [0, 0.1) is 25.5 Å². The molecule has 0 aliphatic rings. The minimum Gasteiger partial charge on any atom is -0.438 e. The fraction of sp³-hybridized carbons (Fsp3) is 0.136. The Morgan fingerprint density at radius 3 is 2.45 bits per heavy atom. The summed E-state index contributed by atoms with van der Waals surface area (Å²) in [6.45, 7) is 2.39. The average Bonchev–Trinajstić information content (AvgIpc) is 2.73. The first-order chi connectivity index (χ1) is 15.5. The van der Waals surface area contributed by atoms with E-state index in [4.69, 9.17) is 4.74 Å². The van der Waals surface area contributed by atoms with Crippen molar-refractivity contribution < 1.29 is 26.7 Å². The summed E-state index contributed by atoms with van der Waals surface area (Å²) in [4.78, 5) is 33.4. The fourth-order valence-electron chi connectivity index (χ4n) is 3.46. The van der Waals surface area contributed by atoms with Crippen LogP contribution < -0.4 is 15.7 Å². The molecular formula is C22H14F5N3O3. The van der Waals surface area contributed by atoms with E-state index in [0.29, 0.717) is 6.20 Å². The Bertz CT molecular complexity index is 1520. The normalized spacial score (nSPS) is 11.7. The maximum atomic E-state index is 14.0. The van der Waals surface area contributed by atoms with Gasteiger partial charge in [0.15, 0.2) is 17.1 Å². The van der Waals surface area contributed by atoms with Crippen molar-refractivity contribution in [3.8, 4) is 22.9 Å². The van der Waals surface area contributed by atoms with Crippen molar-refractivity contribution in [1.29, 1.82) is 0 Å². The number of hydrogen-bond acceptors (Lipinski definition) is 4. The van der Waals surface area contributed by atoms with E-state index in [1.165, 1.54) is 19.2 Å². The highest BCUT2D eigenvalue weighted by Crippen LogP contribution is 2.41. The second kappa shape index (κ2) is 7.84. The Hall–Kier alpha value is -4.02. The first kappa shape index (κ1) is 22.2. The lowest BCUT2D eigenvalue weighted by Gasteiger charge is -2.18. The third kappa shape index (κ3) is 3.86. The largest absolute Gasteiger partial charge is 0.438 e. The van der Waals surface area contributed by atoms with Gasteiger partial charge in [0, 0.05) is 24.0 Å². The number of H-pyrrole nitrogens is 2. The molecule has 2 N–H and O–H groups in total. The Kier molecular flexibility index (Phi) is 5.27. The van der Waals surface area contributed by atoms with E-state index in [9.17, 15) is 31.5 Å². The van der Waals surface area contributed by atoms with Crippen LogP contribution in [0.3, 0.4) is 0 Å². The molecule has 170 valence electrons. The van der Waals surface area contributed by atoms with Crippen molar-refractivity contribution in [2.75, 3.05) is 0 Å². The summed E-state index contributed by atoms with van der Waals surface area (Å²) < 4.78 is 73.7. The molecule has 0 saturated carbocycles. The average molecular weight is 463 g/mol. The standard InChI is InChI=1S/C22H14F5N3O3/c1-9-11(22(25,26)27)8-29-21(33-16-4-3-12(23)19(24)10(16)2)17(9)14-7-15(31)18-13(30-14)5-6-28-20(18)32/h3-8H,1-2H3,(H,28,32)(H,30,31). The Balaban J connectivity index is 2.00. The zero-order chi connectivity index (χ0) is 24.1. The number of rotatable bonds is 3. The third-order valence-electron chi connectivity index (χ3n) is 5.13. The minimum atomic E-state index is -4.77. The van der Waals surface area contributed by atoms with Crippen molar-refractivity contribution in [1.82, 2.24) is 15.0 Å². The molecule has 6 nitrogen and oxygen atoms in total. The second-order valence-corrected chi connectivity index (χ2v) is 7.20. The van der Waals surface area contributed by atoms with Gasteiger partial charge in [0.25, 0.3) is 5.56 Å². The second-order valence-electron chi connectivity index (χ2n) is 7.20. The zero-order valence-corrected chi connectivity index (χ0v) is 17.0. The minimum absolute atomic E-state index is 0.0769. The van der Waals surface area contributed by atoms with Gasteiger partial charge in [-0.15, -0.1) is 0 Å². The van der Waals surface area contributed by atoms with Gasteiger partial charge in [0.2, 0.25) is 5.88 Å². The number of aromatic nitrogens is 3. The van der Waals surface area contributed by atoms with Gasteiger partial charge in [-0.3, -0.25) is 9.59 Å². The number of nitrogens with zero attached hydrogens (tertiary/aromatic N) is 1. The zero-order valence-electron chi connectivity index (χ0n) is 17.0. The van der Waals surface area contributed by atoms with Crippen molar-refractivity contribution in [3.63, 3.8) is 0 Å². The lowest BCUT2D eigenvalue weighted by Crippen LogP contribution is -2.16. The summed E-state index contributed by atoms with van der Waals surface area (Å²) in [5.41, 5.74) is -3.31. The van der Waals surface area contributed by atoms with E-state index < -0.39 is 34.4 Å². The van der Waals surface area contributed by atoms with Crippen LogP contribution in [0.1, 0.15) is 16.7 Å². The molecule has 0 aliphatic heterocycles. The molecule has 1 aromatic carbocycles. The molecule has 0 saturated heterocycles. The fourth-order valence-corrected chi connectivity index (χ4v) is 3.46. The molecule has 0 amide bonds. The number of halogens is 5. The van der Waals surface area contributed by atoms with Crippen LogP contribution in [0.2, 0.25) is 0 Å². The predicted octanol–water partition coefficient (Wildman–Crippen LogP) is 4.98. The third-order valence-corrected chi connectivity index (χ3v) is 5.13. The van der Waals surface area contributed by atoms with Crippen molar-refractivity contribution in [2.24, 2.45) is 0 Å². The molecule has 0 unspecified atom stereocenters. The van der Waals surface area contributed by atoms with Crippen LogP contribution >= 0.6 is 0 Å². The van der Waals surface area contributed by atoms with Gasteiger partial charge < -0.3 is 14.7 Å². The van der Waals surface area contributed by atoms with Gasteiger partial charge in [0.05, 0.1) is 22.3 Å². The van der Waals surface area contributed by atoms with Crippen LogP contribution in [-0.4, -0.2) is 15.0 Å². The van der Waals surface area contributed by atoms with Gasteiger partial charge in [-0.2, -0.15) is 13.2 Å². The molecule has 0 fully saturated rings. The van der Waals surface area contributed by atoms with E-state index in [0.717, 1.165) is 25.1 Å².